The zero-order valence-corrected chi connectivity index (χ0v) is 11.7. The number of primary amides is 1. The van der Waals surface area contributed by atoms with Crippen molar-refractivity contribution < 1.29 is 14.3 Å². The minimum atomic E-state index is -0.748. The fourth-order valence-electron chi connectivity index (χ4n) is 1.92. The number of carbonyl (C=O) groups is 2. The van der Waals surface area contributed by atoms with E-state index in [1.807, 2.05) is 0 Å². The van der Waals surface area contributed by atoms with Gasteiger partial charge in [0, 0.05) is 6.92 Å². The van der Waals surface area contributed by atoms with Crippen LogP contribution in [0.25, 0.3) is 0 Å². The molecule has 0 aliphatic rings. The lowest BCUT2D eigenvalue weighted by molar-refractivity contribution is -0.153. The molecule has 1 amide bonds. The van der Waals surface area contributed by atoms with E-state index >= 15 is 0 Å². The summed E-state index contributed by atoms with van der Waals surface area (Å²) in [7, 11) is 0. The SMILES string of the molecule is CCCCCCCCCCC(OC(C)=O)C(N)=O. The fraction of sp³-hybridized carbons (Fsp3) is 0.857. The lowest BCUT2D eigenvalue weighted by atomic mass is 10.1. The molecule has 4 nitrogen and oxygen atoms in total. The van der Waals surface area contributed by atoms with Gasteiger partial charge in [0.1, 0.15) is 0 Å². The highest BCUT2D eigenvalue weighted by molar-refractivity contribution is 5.81. The van der Waals surface area contributed by atoms with Crippen LogP contribution in [-0.4, -0.2) is 18.0 Å². The van der Waals surface area contributed by atoms with Gasteiger partial charge in [-0.05, 0) is 12.8 Å². The monoisotopic (exact) mass is 257 g/mol. The van der Waals surface area contributed by atoms with Crippen molar-refractivity contribution in [1.29, 1.82) is 0 Å². The molecular weight excluding hydrogens is 230 g/mol. The van der Waals surface area contributed by atoms with E-state index in [2.05, 4.69) is 6.92 Å². The smallest absolute Gasteiger partial charge is 0.303 e. The van der Waals surface area contributed by atoms with Gasteiger partial charge in [0.05, 0.1) is 0 Å². The van der Waals surface area contributed by atoms with E-state index in [9.17, 15) is 9.59 Å². The molecular formula is C14H27NO3. The van der Waals surface area contributed by atoms with Gasteiger partial charge in [-0.25, -0.2) is 0 Å². The molecule has 0 aliphatic carbocycles. The van der Waals surface area contributed by atoms with E-state index in [4.69, 9.17) is 10.5 Å². The first-order valence-corrected chi connectivity index (χ1v) is 7.04. The normalized spacial score (nSPS) is 12.1. The lowest BCUT2D eigenvalue weighted by Gasteiger charge is -2.12. The summed E-state index contributed by atoms with van der Waals surface area (Å²) in [6, 6.07) is 0. The first kappa shape index (κ1) is 16.9. The third-order valence-electron chi connectivity index (χ3n) is 2.95. The molecule has 0 aromatic rings. The highest BCUT2D eigenvalue weighted by atomic mass is 16.5. The number of unbranched alkanes of at least 4 members (excludes halogenated alkanes) is 7. The minimum absolute atomic E-state index is 0.446. The molecule has 1 atom stereocenters. The molecule has 4 heteroatoms. The van der Waals surface area contributed by atoms with Crippen LogP contribution in [0.5, 0.6) is 0 Å². The number of esters is 1. The molecule has 0 heterocycles. The Bertz CT molecular complexity index is 241. The first-order valence-electron chi connectivity index (χ1n) is 7.04. The summed E-state index contributed by atoms with van der Waals surface area (Å²) in [6.45, 7) is 3.50. The van der Waals surface area contributed by atoms with Crippen molar-refractivity contribution in [1.82, 2.24) is 0 Å². The second-order valence-electron chi connectivity index (χ2n) is 4.76. The summed E-state index contributed by atoms with van der Waals surface area (Å²) in [5, 5.41) is 0. The van der Waals surface area contributed by atoms with E-state index < -0.39 is 18.0 Å². The molecule has 18 heavy (non-hydrogen) atoms. The predicted octanol–water partition coefficient (Wildman–Crippen LogP) is 2.93. The van der Waals surface area contributed by atoms with Gasteiger partial charge in [0.2, 0.25) is 0 Å². The highest BCUT2D eigenvalue weighted by Gasteiger charge is 2.17. The molecule has 106 valence electrons. The molecule has 0 radical (unpaired) electrons. The molecule has 0 spiro atoms. The number of amides is 1. The minimum Gasteiger partial charge on any atom is -0.452 e. The van der Waals surface area contributed by atoms with Crippen LogP contribution in [-0.2, 0) is 14.3 Å². The second kappa shape index (κ2) is 11.1. The van der Waals surface area contributed by atoms with Crippen LogP contribution in [0.15, 0.2) is 0 Å². The van der Waals surface area contributed by atoms with Crippen LogP contribution < -0.4 is 5.73 Å². The Morgan fingerprint density at radius 2 is 1.50 bits per heavy atom. The van der Waals surface area contributed by atoms with E-state index in [1.54, 1.807) is 0 Å². The van der Waals surface area contributed by atoms with Crippen LogP contribution in [0.4, 0.5) is 0 Å². The maximum Gasteiger partial charge on any atom is 0.303 e. The van der Waals surface area contributed by atoms with Gasteiger partial charge in [0.15, 0.2) is 6.10 Å². The molecule has 0 aromatic carbocycles. The quantitative estimate of drug-likeness (QED) is 0.457. The predicted molar refractivity (Wildman–Crippen MR) is 72.0 cm³/mol. The van der Waals surface area contributed by atoms with Crippen molar-refractivity contribution in [3.05, 3.63) is 0 Å². The Labute approximate surface area is 110 Å². The van der Waals surface area contributed by atoms with Crippen LogP contribution in [0.2, 0.25) is 0 Å². The molecule has 0 fully saturated rings. The topological polar surface area (TPSA) is 69.4 Å². The zero-order valence-electron chi connectivity index (χ0n) is 11.7. The third-order valence-corrected chi connectivity index (χ3v) is 2.95. The van der Waals surface area contributed by atoms with Crippen LogP contribution in [0, 0.1) is 0 Å². The molecule has 0 saturated heterocycles. The first-order chi connectivity index (χ1) is 8.57. The maximum absolute atomic E-state index is 11.0. The molecule has 0 bridgehead atoms. The largest absolute Gasteiger partial charge is 0.452 e. The third kappa shape index (κ3) is 10.1. The summed E-state index contributed by atoms with van der Waals surface area (Å²) in [4.78, 5) is 21.8. The maximum atomic E-state index is 11.0. The number of ether oxygens (including phenoxy) is 1. The summed E-state index contributed by atoms with van der Waals surface area (Å²) < 4.78 is 4.86. The second-order valence-corrected chi connectivity index (χ2v) is 4.76. The van der Waals surface area contributed by atoms with Crippen molar-refractivity contribution in [2.45, 2.75) is 77.7 Å². The molecule has 0 aliphatic heterocycles. The van der Waals surface area contributed by atoms with Gasteiger partial charge in [0.25, 0.3) is 5.91 Å². The summed E-state index contributed by atoms with van der Waals surface area (Å²) in [6.07, 6.45) is 9.35. The van der Waals surface area contributed by atoms with E-state index in [0.29, 0.717) is 6.42 Å². The Kier molecular flexibility index (Phi) is 10.4. The number of carbonyl (C=O) groups excluding carboxylic acids is 2. The highest BCUT2D eigenvalue weighted by Crippen LogP contribution is 2.11. The summed E-state index contributed by atoms with van der Waals surface area (Å²) in [5.74, 6) is -0.994. The van der Waals surface area contributed by atoms with E-state index in [0.717, 1.165) is 12.8 Å². The standard InChI is InChI=1S/C14H27NO3/c1-3-4-5-6-7-8-9-10-11-13(14(15)17)18-12(2)16/h13H,3-11H2,1-2H3,(H2,15,17). The van der Waals surface area contributed by atoms with Crippen molar-refractivity contribution in [2.24, 2.45) is 5.73 Å². The Hall–Kier alpha value is -1.06. The Balaban J connectivity index is 3.49. The van der Waals surface area contributed by atoms with Crippen molar-refractivity contribution in [2.75, 3.05) is 0 Å². The van der Waals surface area contributed by atoms with Crippen LogP contribution >= 0.6 is 0 Å². The average Bonchev–Trinajstić information content (AvgIpc) is 2.30. The van der Waals surface area contributed by atoms with Crippen molar-refractivity contribution >= 4 is 11.9 Å². The molecule has 0 aromatic heterocycles. The van der Waals surface area contributed by atoms with E-state index in [-0.39, 0.29) is 0 Å². The van der Waals surface area contributed by atoms with Crippen LogP contribution in [0.1, 0.15) is 71.6 Å². The Morgan fingerprint density at radius 1 is 1.00 bits per heavy atom. The molecule has 2 N–H and O–H groups in total. The van der Waals surface area contributed by atoms with Crippen LogP contribution in [0.3, 0.4) is 0 Å². The molecule has 0 saturated carbocycles. The van der Waals surface area contributed by atoms with Gasteiger partial charge in [-0.3, -0.25) is 9.59 Å². The lowest BCUT2D eigenvalue weighted by Crippen LogP contribution is -2.32. The van der Waals surface area contributed by atoms with Gasteiger partial charge in [-0.2, -0.15) is 0 Å². The molecule has 0 rings (SSSR count). The van der Waals surface area contributed by atoms with Gasteiger partial charge < -0.3 is 10.5 Å². The zero-order chi connectivity index (χ0) is 13.8. The fourth-order valence-corrected chi connectivity index (χ4v) is 1.92. The summed E-state index contributed by atoms with van der Waals surface area (Å²) in [5.41, 5.74) is 5.16. The van der Waals surface area contributed by atoms with E-state index in [1.165, 1.54) is 45.4 Å². The number of rotatable bonds is 11. The van der Waals surface area contributed by atoms with Crippen molar-refractivity contribution in [3.8, 4) is 0 Å². The van der Waals surface area contributed by atoms with Gasteiger partial charge in [-0.15, -0.1) is 0 Å². The number of nitrogens with two attached hydrogens (primary N) is 1. The summed E-state index contributed by atoms with van der Waals surface area (Å²) >= 11 is 0. The van der Waals surface area contributed by atoms with Crippen molar-refractivity contribution in [3.63, 3.8) is 0 Å². The van der Waals surface area contributed by atoms with Gasteiger partial charge >= 0.3 is 5.97 Å². The average molecular weight is 257 g/mol. The number of hydrogen-bond donors (Lipinski definition) is 1. The molecule has 1 unspecified atom stereocenters. The van der Waals surface area contributed by atoms with Gasteiger partial charge in [-0.1, -0.05) is 51.9 Å². The Morgan fingerprint density at radius 3 is 1.94 bits per heavy atom. The number of hydrogen-bond acceptors (Lipinski definition) is 3.